The average Bonchev–Trinajstić information content (AvgIpc) is 3.06. The Morgan fingerprint density at radius 3 is 1.32 bits per heavy atom. The van der Waals surface area contributed by atoms with E-state index < -0.39 is 41.4 Å². The number of hydrogen-bond donors (Lipinski definition) is 5. The van der Waals surface area contributed by atoms with Crippen LogP contribution in [-0.2, 0) is 19.1 Å². The number of likely N-dealkylation sites (N-methyl/N-ethyl adjacent to an activating group) is 2. The molecule has 0 aromatic heterocycles. The minimum Gasteiger partial charge on any atom is -0.480 e. The molecular formula is C40H50N6O7. The summed E-state index contributed by atoms with van der Waals surface area (Å²) in [6.45, 7) is 13.5. The third-order valence-corrected chi connectivity index (χ3v) is 5.93. The summed E-state index contributed by atoms with van der Waals surface area (Å²) in [6, 6.07) is 12.6. The molecular weight excluding hydrogens is 676 g/mol. The Morgan fingerprint density at radius 2 is 1.00 bits per heavy atom. The number of nitrogens with one attached hydrogen (secondary N) is 1. The van der Waals surface area contributed by atoms with Crippen molar-refractivity contribution >= 4 is 46.8 Å². The van der Waals surface area contributed by atoms with Crippen molar-refractivity contribution in [2.24, 2.45) is 0 Å². The molecule has 2 atom stereocenters. The molecule has 53 heavy (non-hydrogen) atoms. The van der Waals surface area contributed by atoms with Gasteiger partial charge >= 0.3 is 18.2 Å². The Bertz CT molecular complexity index is 1750. The number of terminal acetylenes is 2. The van der Waals surface area contributed by atoms with Crippen molar-refractivity contribution in [2.45, 2.75) is 78.7 Å². The maximum Gasteiger partial charge on any atom is 0.410 e. The van der Waals surface area contributed by atoms with Crippen LogP contribution in [0.5, 0.6) is 0 Å². The van der Waals surface area contributed by atoms with Crippen molar-refractivity contribution in [3.8, 4) is 60.2 Å². The number of benzene rings is 2. The third-order valence-electron chi connectivity index (χ3n) is 5.93. The molecule has 0 radical (unpaired) electrons. The third kappa shape index (κ3) is 23.2. The van der Waals surface area contributed by atoms with Crippen molar-refractivity contribution in [1.29, 1.82) is 0 Å². The average molecular weight is 727 g/mol. The van der Waals surface area contributed by atoms with Gasteiger partial charge in [0.2, 0.25) is 5.91 Å². The van der Waals surface area contributed by atoms with Crippen LogP contribution in [0.4, 0.5) is 32.3 Å². The van der Waals surface area contributed by atoms with E-state index in [1.54, 1.807) is 84.9 Å². The first kappa shape index (κ1) is 48.2. The molecule has 0 bridgehead atoms. The Labute approximate surface area is 313 Å². The number of ether oxygens (including phenoxy) is 2. The van der Waals surface area contributed by atoms with Crippen molar-refractivity contribution in [2.75, 3.05) is 36.6 Å². The van der Waals surface area contributed by atoms with E-state index in [2.05, 4.69) is 52.7 Å². The van der Waals surface area contributed by atoms with E-state index in [9.17, 15) is 19.2 Å². The highest BCUT2D eigenvalue weighted by molar-refractivity contribution is 5.98. The number of carboxylic acid groups (broad SMARTS) is 1. The molecule has 0 saturated carbocycles. The van der Waals surface area contributed by atoms with Gasteiger partial charge in [-0.3, -0.25) is 14.6 Å². The smallest absolute Gasteiger partial charge is 0.410 e. The molecule has 0 saturated heterocycles. The molecule has 2 rings (SSSR count). The summed E-state index contributed by atoms with van der Waals surface area (Å²) in [5.74, 6) is 17.0. The number of para-hydroxylation sites is 4. The number of anilines is 4. The SMILES string of the molecule is C#CC#CC#CC#CC#C.C[C@@H](C(=O)Nc1ccccc1N)N(C)C(=O)OC(C)(C)C.C[C@@H](C(=O)O)N(C)C(=O)OC(C)(C)C.Nc1ccccc1N. The highest BCUT2D eigenvalue weighted by atomic mass is 16.6. The van der Waals surface area contributed by atoms with Gasteiger partial charge in [0.1, 0.15) is 23.3 Å². The highest BCUT2D eigenvalue weighted by Gasteiger charge is 2.28. The summed E-state index contributed by atoms with van der Waals surface area (Å²) in [5, 5.41) is 11.3. The Balaban J connectivity index is 0. The standard InChI is InChI=1S/C15H23N3O3.C10H2.C9H17NO4.C6H8N2/c1-10(18(5)14(20)21-15(2,3)4)13(19)17-12-9-7-6-8-11(12)16;1-3-5-7-9-10-8-6-4-2;1-6(7(11)12)10(5)8(13)14-9(2,3)4;7-5-3-1-2-4-6(5)8/h6-10H,16H2,1-5H3,(H,17,19);1-2H;6H,1-5H3,(H,11,12);1-4H,7-8H2/t10-;;6-;/m0.0./s1. The number of hydrogen-bond acceptors (Lipinski definition) is 9. The van der Waals surface area contributed by atoms with Crippen molar-refractivity contribution in [3.63, 3.8) is 0 Å². The van der Waals surface area contributed by atoms with Crippen LogP contribution in [0.3, 0.4) is 0 Å². The van der Waals surface area contributed by atoms with Gasteiger partial charge in [0.05, 0.1) is 22.7 Å². The largest absolute Gasteiger partial charge is 0.480 e. The number of amides is 3. The van der Waals surface area contributed by atoms with Gasteiger partial charge < -0.3 is 37.1 Å². The summed E-state index contributed by atoms with van der Waals surface area (Å²) in [6.07, 6.45) is 8.44. The first-order valence-corrected chi connectivity index (χ1v) is 15.8. The van der Waals surface area contributed by atoms with Crippen LogP contribution in [0.25, 0.3) is 0 Å². The van der Waals surface area contributed by atoms with Crippen LogP contribution in [0.1, 0.15) is 55.4 Å². The number of nitrogen functional groups attached to an aromatic ring is 3. The minimum atomic E-state index is -1.06. The van der Waals surface area contributed by atoms with E-state index in [1.165, 1.54) is 25.9 Å². The molecule has 13 heteroatoms. The van der Waals surface area contributed by atoms with Gasteiger partial charge in [-0.25, -0.2) is 14.4 Å². The lowest BCUT2D eigenvalue weighted by Gasteiger charge is -2.28. The lowest BCUT2D eigenvalue weighted by molar-refractivity contribution is -0.142. The quantitative estimate of drug-likeness (QED) is 0.208. The van der Waals surface area contributed by atoms with E-state index in [4.69, 9.17) is 44.6 Å². The molecule has 3 amide bonds. The first-order chi connectivity index (χ1) is 24.5. The predicted molar refractivity (Wildman–Crippen MR) is 210 cm³/mol. The maximum atomic E-state index is 12.2. The zero-order valence-corrected chi connectivity index (χ0v) is 32.0. The van der Waals surface area contributed by atoms with Crippen LogP contribution in [-0.4, -0.2) is 76.4 Å². The molecule has 0 aliphatic carbocycles. The molecule has 8 N–H and O–H groups in total. The van der Waals surface area contributed by atoms with Crippen LogP contribution in [0.2, 0.25) is 0 Å². The number of aliphatic carboxylic acids is 1. The summed E-state index contributed by atoms with van der Waals surface area (Å²) in [5.41, 5.74) is 17.6. The number of nitrogens with zero attached hydrogens (tertiary/aromatic N) is 2. The van der Waals surface area contributed by atoms with Crippen LogP contribution in [0.15, 0.2) is 48.5 Å². The van der Waals surface area contributed by atoms with E-state index in [1.807, 2.05) is 12.1 Å². The second-order valence-corrected chi connectivity index (χ2v) is 12.6. The topological polar surface area (TPSA) is 204 Å². The van der Waals surface area contributed by atoms with Crippen molar-refractivity contribution in [3.05, 3.63) is 48.5 Å². The number of rotatable bonds is 5. The molecule has 2 aromatic rings. The number of nitrogens with two attached hydrogens (primary N) is 3. The monoisotopic (exact) mass is 726 g/mol. The summed E-state index contributed by atoms with van der Waals surface area (Å²) >= 11 is 0. The second kappa shape index (κ2) is 24.3. The Hall–Kier alpha value is -6.88. The normalized spacial score (nSPS) is 10.4. The lowest BCUT2D eigenvalue weighted by Crippen LogP contribution is -2.45. The van der Waals surface area contributed by atoms with Crippen LogP contribution < -0.4 is 22.5 Å². The minimum absolute atomic E-state index is 0.332. The van der Waals surface area contributed by atoms with Gasteiger partial charge in [-0.1, -0.05) is 24.3 Å². The highest BCUT2D eigenvalue weighted by Crippen LogP contribution is 2.18. The maximum absolute atomic E-state index is 12.2. The summed E-state index contributed by atoms with van der Waals surface area (Å²) in [7, 11) is 2.92. The predicted octanol–water partition coefficient (Wildman–Crippen LogP) is 4.90. The molecule has 282 valence electrons. The molecule has 13 nitrogen and oxygen atoms in total. The molecule has 0 heterocycles. The molecule has 0 aliphatic rings. The van der Waals surface area contributed by atoms with Gasteiger partial charge in [0.15, 0.2) is 0 Å². The first-order valence-electron chi connectivity index (χ1n) is 15.8. The van der Waals surface area contributed by atoms with E-state index >= 15 is 0 Å². The molecule has 0 spiro atoms. The van der Waals surface area contributed by atoms with Gasteiger partial charge in [-0.05, 0) is 127 Å². The Morgan fingerprint density at radius 1 is 0.660 bits per heavy atom. The molecule has 0 fully saturated rings. The summed E-state index contributed by atoms with van der Waals surface area (Å²) in [4.78, 5) is 48.3. The fourth-order valence-electron chi connectivity index (χ4n) is 2.88. The van der Waals surface area contributed by atoms with Crippen molar-refractivity contribution in [1.82, 2.24) is 9.80 Å². The molecule has 0 unspecified atom stereocenters. The fraction of sp³-hybridized carbons (Fsp3) is 0.350. The Kier molecular flexibility index (Phi) is 22.1. The number of carboxylic acids is 1. The van der Waals surface area contributed by atoms with E-state index in [0.717, 1.165) is 4.90 Å². The lowest BCUT2D eigenvalue weighted by atomic mass is 10.2. The zero-order valence-electron chi connectivity index (χ0n) is 32.0. The van der Waals surface area contributed by atoms with Gasteiger partial charge in [-0.15, -0.1) is 12.8 Å². The molecule has 0 aliphatic heterocycles. The van der Waals surface area contributed by atoms with E-state index in [-0.39, 0.29) is 5.91 Å². The van der Waals surface area contributed by atoms with Crippen LogP contribution >= 0.6 is 0 Å². The van der Waals surface area contributed by atoms with E-state index in [0.29, 0.717) is 22.7 Å². The van der Waals surface area contributed by atoms with Crippen LogP contribution in [0, 0.1) is 60.2 Å². The van der Waals surface area contributed by atoms with Gasteiger partial charge in [-0.2, -0.15) is 0 Å². The zero-order chi connectivity index (χ0) is 41.4. The van der Waals surface area contributed by atoms with Crippen molar-refractivity contribution < 1.29 is 33.8 Å². The second-order valence-electron chi connectivity index (χ2n) is 12.6. The fourth-order valence-corrected chi connectivity index (χ4v) is 2.88. The molecule has 2 aromatic carbocycles. The van der Waals surface area contributed by atoms with Gasteiger partial charge in [0.25, 0.3) is 0 Å². The number of carbonyl (C=O) groups excluding carboxylic acids is 3. The number of carbonyl (C=O) groups is 4. The van der Waals surface area contributed by atoms with Gasteiger partial charge in [0, 0.05) is 14.1 Å². The summed E-state index contributed by atoms with van der Waals surface area (Å²) < 4.78 is 10.2.